The van der Waals surface area contributed by atoms with Gasteiger partial charge in [-0.25, -0.2) is 4.98 Å². The van der Waals surface area contributed by atoms with Crippen LogP contribution in [0.4, 0.5) is 5.69 Å². The Balaban J connectivity index is 1.54. The van der Waals surface area contributed by atoms with Gasteiger partial charge in [0.05, 0.1) is 5.69 Å². The van der Waals surface area contributed by atoms with Gasteiger partial charge in [-0.2, -0.15) is 0 Å². The molecule has 0 aliphatic heterocycles. The molecule has 0 aromatic carbocycles. The molecule has 144 valence electrons. The molecule has 4 aliphatic carbocycles. The molecule has 0 radical (unpaired) electrons. The van der Waals surface area contributed by atoms with Crippen molar-refractivity contribution in [3.8, 4) is 0 Å². The van der Waals surface area contributed by atoms with E-state index >= 15 is 0 Å². The van der Waals surface area contributed by atoms with Crippen LogP contribution < -0.4 is 5.73 Å². The van der Waals surface area contributed by atoms with Gasteiger partial charge in [0.2, 0.25) is 0 Å². The van der Waals surface area contributed by atoms with Crippen LogP contribution in [0.3, 0.4) is 0 Å². The molecular formula is C22H29N3OS. The fourth-order valence-corrected chi connectivity index (χ4v) is 7.59. The summed E-state index contributed by atoms with van der Waals surface area (Å²) in [5.74, 6) is 2.75. The molecule has 0 unspecified atom stereocenters. The molecule has 4 saturated carbocycles. The lowest BCUT2D eigenvalue weighted by atomic mass is 9.49. The van der Waals surface area contributed by atoms with Gasteiger partial charge in [-0.3, -0.25) is 4.79 Å². The first-order chi connectivity index (χ1) is 13.0. The number of nitrogens with two attached hydrogens (primary N) is 1. The quantitative estimate of drug-likeness (QED) is 0.823. The van der Waals surface area contributed by atoms with E-state index in [-0.39, 0.29) is 11.3 Å². The highest BCUT2D eigenvalue weighted by atomic mass is 32.1. The Labute approximate surface area is 165 Å². The van der Waals surface area contributed by atoms with Gasteiger partial charge in [0.15, 0.2) is 0 Å². The maximum atomic E-state index is 12.8. The van der Waals surface area contributed by atoms with Gasteiger partial charge in [-0.15, -0.1) is 11.3 Å². The average Bonchev–Trinajstić information content (AvgIpc) is 2.98. The molecule has 4 aliphatic rings. The van der Waals surface area contributed by atoms with Gasteiger partial charge >= 0.3 is 0 Å². The standard InChI is InChI=1S/C22H29N3OS/c1-3-25(4-2)21(26)19-18(23)16-5-6-17(24-20(16)27-19)22-10-13-7-14(11-22)9-15(8-13)12-22/h5-6,13-15H,3-4,7-12,23H2,1-2H3. The topological polar surface area (TPSA) is 59.2 Å². The number of pyridine rings is 1. The van der Waals surface area contributed by atoms with Crippen LogP contribution in [0.2, 0.25) is 0 Å². The Hall–Kier alpha value is -1.62. The Morgan fingerprint density at radius 3 is 2.30 bits per heavy atom. The van der Waals surface area contributed by atoms with Crippen LogP contribution in [0.5, 0.6) is 0 Å². The highest BCUT2D eigenvalue weighted by molar-refractivity contribution is 7.21. The highest BCUT2D eigenvalue weighted by Crippen LogP contribution is 2.60. The number of nitrogen functional groups attached to an aromatic ring is 1. The number of thiophene rings is 1. The minimum Gasteiger partial charge on any atom is -0.397 e. The fraction of sp³-hybridized carbons (Fsp3) is 0.636. The lowest BCUT2D eigenvalue weighted by molar-refractivity contribution is -0.00704. The number of carbonyl (C=O) groups is 1. The lowest BCUT2D eigenvalue weighted by Gasteiger charge is -2.56. The number of amides is 1. The monoisotopic (exact) mass is 383 g/mol. The van der Waals surface area contributed by atoms with E-state index in [1.807, 2.05) is 18.7 Å². The molecule has 4 nitrogen and oxygen atoms in total. The zero-order valence-electron chi connectivity index (χ0n) is 16.3. The van der Waals surface area contributed by atoms with Crippen LogP contribution in [0.25, 0.3) is 10.2 Å². The molecule has 5 heteroatoms. The summed E-state index contributed by atoms with van der Waals surface area (Å²) >= 11 is 1.48. The SMILES string of the molecule is CCN(CC)C(=O)c1sc2nc(C34CC5CC(CC(C5)C3)C4)ccc2c1N. The molecule has 2 aromatic heterocycles. The molecule has 4 bridgehead atoms. The van der Waals surface area contributed by atoms with E-state index in [1.54, 1.807) is 0 Å². The smallest absolute Gasteiger partial charge is 0.266 e. The van der Waals surface area contributed by atoms with E-state index in [1.165, 1.54) is 55.6 Å². The van der Waals surface area contributed by atoms with Crippen LogP contribution in [0.15, 0.2) is 12.1 Å². The van der Waals surface area contributed by atoms with Crippen molar-refractivity contribution in [1.29, 1.82) is 0 Å². The van der Waals surface area contributed by atoms with Crippen molar-refractivity contribution in [2.24, 2.45) is 17.8 Å². The largest absolute Gasteiger partial charge is 0.397 e. The van der Waals surface area contributed by atoms with Gasteiger partial charge in [0, 0.05) is 29.6 Å². The first kappa shape index (κ1) is 17.5. The molecule has 0 spiro atoms. The minimum atomic E-state index is 0.0388. The molecule has 2 heterocycles. The van der Waals surface area contributed by atoms with Crippen LogP contribution in [-0.2, 0) is 5.41 Å². The second-order valence-corrected chi connectivity index (χ2v) is 10.1. The molecule has 4 fully saturated rings. The second kappa shape index (κ2) is 6.20. The second-order valence-electron chi connectivity index (χ2n) is 9.07. The average molecular weight is 384 g/mol. The van der Waals surface area contributed by atoms with Crippen molar-refractivity contribution >= 4 is 33.1 Å². The van der Waals surface area contributed by atoms with Crippen LogP contribution in [-0.4, -0.2) is 28.9 Å². The number of aromatic nitrogens is 1. The van der Waals surface area contributed by atoms with Gasteiger partial charge < -0.3 is 10.6 Å². The van der Waals surface area contributed by atoms with Crippen molar-refractivity contribution in [3.05, 3.63) is 22.7 Å². The zero-order chi connectivity index (χ0) is 18.8. The number of fused-ring (bicyclic) bond motifs is 1. The lowest BCUT2D eigenvalue weighted by Crippen LogP contribution is -2.48. The number of rotatable bonds is 4. The molecule has 1 amide bonds. The Morgan fingerprint density at radius 2 is 1.74 bits per heavy atom. The predicted octanol–water partition coefficient (Wildman–Crippen LogP) is 4.83. The van der Waals surface area contributed by atoms with Crippen molar-refractivity contribution in [2.75, 3.05) is 18.8 Å². The van der Waals surface area contributed by atoms with Gasteiger partial charge in [-0.05, 0) is 82.3 Å². The van der Waals surface area contributed by atoms with Crippen molar-refractivity contribution < 1.29 is 4.79 Å². The molecule has 2 N–H and O–H groups in total. The Morgan fingerprint density at radius 1 is 1.15 bits per heavy atom. The summed E-state index contributed by atoms with van der Waals surface area (Å²) in [4.78, 5) is 21.4. The summed E-state index contributed by atoms with van der Waals surface area (Å²) in [5.41, 5.74) is 8.52. The zero-order valence-corrected chi connectivity index (χ0v) is 17.1. The number of hydrogen-bond donors (Lipinski definition) is 1. The van der Waals surface area contributed by atoms with Crippen molar-refractivity contribution in [2.45, 2.75) is 57.8 Å². The molecule has 2 aromatic rings. The maximum absolute atomic E-state index is 12.8. The van der Waals surface area contributed by atoms with Crippen molar-refractivity contribution in [1.82, 2.24) is 9.88 Å². The first-order valence-corrected chi connectivity index (χ1v) is 11.3. The number of hydrogen-bond acceptors (Lipinski definition) is 4. The van der Waals surface area contributed by atoms with Crippen molar-refractivity contribution in [3.63, 3.8) is 0 Å². The molecule has 0 saturated heterocycles. The van der Waals surface area contributed by atoms with E-state index in [2.05, 4.69) is 12.1 Å². The predicted molar refractivity (Wildman–Crippen MR) is 111 cm³/mol. The van der Waals surface area contributed by atoms with Crippen LogP contribution in [0.1, 0.15) is 67.7 Å². The van der Waals surface area contributed by atoms with E-state index < -0.39 is 0 Å². The van der Waals surface area contributed by atoms with Gasteiger partial charge in [0.25, 0.3) is 5.91 Å². The minimum absolute atomic E-state index is 0.0388. The number of nitrogens with zero attached hydrogens (tertiary/aromatic N) is 2. The summed E-state index contributed by atoms with van der Waals surface area (Å²) in [6, 6.07) is 4.34. The Kier molecular flexibility index (Phi) is 4.01. The summed E-state index contributed by atoms with van der Waals surface area (Å²) < 4.78 is 0. The van der Waals surface area contributed by atoms with Gasteiger partial charge in [0.1, 0.15) is 9.71 Å². The van der Waals surface area contributed by atoms with E-state index in [4.69, 9.17) is 10.7 Å². The maximum Gasteiger partial charge on any atom is 0.266 e. The molecule has 27 heavy (non-hydrogen) atoms. The third-order valence-corrected chi connectivity index (χ3v) is 8.52. The summed E-state index contributed by atoms with van der Waals surface area (Å²) in [6.07, 6.45) is 8.25. The number of anilines is 1. The third-order valence-electron chi connectivity index (χ3n) is 7.42. The van der Waals surface area contributed by atoms with Gasteiger partial charge in [-0.1, -0.05) is 0 Å². The van der Waals surface area contributed by atoms with Crippen LogP contribution >= 0.6 is 11.3 Å². The van der Waals surface area contributed by atoms with E-state index in [0.717, 1.165) is 28.0 Å². The summed E-state index contributed by atoms with van der Waals surface area (Å²) in [6.45, 7) is 5.42. The fourth-order valence-electron chi connectivity index (χ4n) is 6.53. The molecule has 0 atom stereocenters. The van der Waals surface area contributed by atoms with E-state index in [0.29, 0.717) is 23.7 Å². The summed E-state index contributed by atoms with van der Waals surface area (Å²) in [5, 5.41) is 0.948. The Bertz CT molecular complexity index is 863. The molecule has 6 rings (SSSR count). The highest BCUT2D eigenvalue weighted by Gasteiger charge is 2.52. The normalized spacial score (nSPS) is 31.6. The third kappa shape index (κ3) is 2.61. The summed E-state index contributed by atoms with van der Waals surface area (Å²) in [7, 11) is 0. The number of carbonyl (C=O) groups excluding carboxylic acids is 1. The first-order valence-electron chi connectivity index (χ1n) is 10.5. The van der Waals surface area contributed by atoms with Crippen LogP contribution in [0, 0.1) is 17.8 Å². The molecular weight excluding hydrogens is 354 g/mol. The van der Waals surface area contributed by atoms with E-state index in [9.17, 15) is 4.79 Å².